The van der Waals surface area contributed by atoms with Crippen molar-refractivity contribution in [2.24, 2.45) is 0 Å². The monoisotopic (exact) mass is 741 g/mol. The molecular formula is C55H35N3. The fraction of sp³-hybridized carbons (Fsp3) is 0. The van der Waals surface area contributed by atoms with Crippen molar-refractivity contribution in [1.29, 1.82) is 0 Å². The zero-order chi connectivity index (χ0) is 41.9. The molecule has 0 unspecified atom stereocenters. The van der Waals surface area contributed by atoms with E-state index in [1.807, 2.05) is 84.9 Å². The zero-order valence-electron chi connectivity index (χ0n) is 35.2. The molecule has 0 amide bonds. The predicted molar refractivity (Wildman–Crippen MR) is 242 cm³/mol. The number of hydrogen-bond acceptors (Lipinski definition) is 3. The van der Waals surface area contributed by atoms with Crippen LogP contribution in [0.15, 0.2) is 212 Å². The molecule has 58 heavy (non-hydrogen) atoms. The summed E-state index contributed by atoms with van der Waals surface area (Å²) in [5.74, 6) is 0.832. The molecule has 0 saturated carbocycles. The third kappa shape index (κ3) is 5.89. The second kappa shape index (κ2) is 14.1. The molecular weight excluding hydrogens is 703 g/mol. The molecule has 0 atom stereocenters. The third-order valence-electron chi connectivity index (χ3n) is 11.0. The fourth-order valence-electron chi connectivity index (χ4n) is 8.27. The lowest BCUT2D eigenvalue weighted by molar-refractivity contribution is 1.08. The topological polar surface area (TPSA) is 38.7 Å². The molecule has 0 aliphatic rings. The molecule has 11 rings (SSSR count). The highest BCUT2D eigenvalue weighted by atomic mass is 15.0. The summed E-state index contributed by atoms with van der Waals surface area (Å²) in [6.45, 7) is 0. The fourth-order valence-corrected chi connectivity index (χ4v) is 8.27. The first-order chi connectivity index (χ1) is 30.4. The lowest BCUT2D eigenvalue weighted by atomic mass is 9.92. The minimum absolute atomic E-state index is 0.0718. The average Bonchev–Trinajstić information content (AvgIpc) is 3.33. The quantitative estimate of drug-likeness (QED) is 0.159. The first-order valence-electron chi connectivity index (χ1n) is 21.4. The van der Waals surface area contributed by atoms with Gasteiger partial charge in [-0.05, 0) is 94.6 Å². The average molecular weight is 742 g/mol. The highest BCUT2D eigenvalue weighted by Crippen LogP contribution is 2.39. The van der Waals surface area contributed by atoms with E-state index in [1.54, 1.807) is 0 Å². The van der Waals surface area contributed by atoms with Gasteiger partial charge in [0.1, 0.15) is 0 Å². The van der Waals surface area contributed by atoms with Crippen LogP contribution < -0.4 is 0 Å². The highest BCUT2D eigenvalue weighted by Gasteiger charge is 2.18. The zero-order valence-corrected chi connectivity index (χ0v) is 31.2. The van der Waals surface area contributed by atoms with Gasteiger partial charge in [-0.15, -0.1) is 0 Å². The first kappa shape index (κ1) is 29.5. The van der Waals surface area contributed by atoms with Crippen LogP contribution in [0.2, 0.25) is 0 Å². The molecule has 3 nitrogen and oxygen atoms in total. The Morgan fingerprint density at radius 2 is 0.776 bits per heavy atom. The summed E-state index contributed by atoms with van der Waals surface area (Å²) in [6.07, 6.45) is 0. The van der Waals surface area contributed by atoms with Crippen LogP contribution in [-0.4, -0.2) is 15.0 Å². The van der Waals surface area contributed by atoms with Crippen LogP contribution in [-0.2, 0) is 0 Å². The molecule has 0 radical (unpaired) electrons. The standard InChI is InChI=1S/C55H35N3/c1-2-15-36(16-3-1)44-29-13-32-50-47(30-14-31-49(44)50)39-21-11-23-42(34-39)54-56-53(41-22-10-20-38(33-41)45-28-12-19-37-17-4-6-24-43(37)45)57-55(58-54)52-35-40-18-5-7-25-46(40)48-26-8-9-27-51(48)52/h1-35H/i10D,20D,22D,33D. The van der Waals surface area contributed by atoms with Crippen molar-refractivity contribution in [3.05, 3.63) is 212 Å². The molecule has 1 aromatic heterocycles. The predicted octanol–water partition coefficient (Wildman–Crippen LogP) is 14.5. The molecule has 0 spiro atoms. The molecule has 0 fully saturated rings. The molecule has 0 bridgehead atoms. The molecule has 0 aliphatic carbocycles. The van der Waals surface area contributed by atoms with E-state index in [2.05, 4.69) is 103 Å². The van der Waals surface area contributed by atoms with Gasteiger partial charge < -0.3 is 0 Å². The Morgan fingerprint density at radius 1 is 0.293 bits per heavy atom. The minimum Gasteiger partial charge on any atom is -0.208 e. The Bertz CT molecular complexity index is 3580. The molecule has 10 aromatic carbocycles. The maximum Gasteiger partial charge on any atom is 0.164 e. The van der Waals surface area contributed by atoms with Crippen LogP contribution in [0.25, 0.3) is 111 Å². The van der Waals surface area contributed by atoms with Gasteiger partial charge in [-0.25, -0.2) is 15.0 Å². The van der Waals surface area contributed by atoms with Gasteiger partial charge in [-0.1, -0.05) is 194 Å². The number of rotatable bonds is 6. The van der Waals surface area contributed by atoms with Gasteiger partial charge in [-0.3, -0.25) is 0 Å². The Balaban J connectivity index is 1.16. The van der Waals surface area contributed by atoms with Crippen LogP contribution in [0.5, 0.6) is 0 Å². The lowest BCUT2D eigenvalue weighted by Crippen LogP contribution is -2.01. The Kier molecular flexibility index (Phi) is 7.17. The highest BCUT2D eigenvalue weighted by molar-refractivity contribution is 6.13. The summed E-state index contributed by atoms with van der Waals surface area (Å²) in [6, 6.07) is 62.6. The van der Waals surface area contributed by atoms with Crippen molar-refractivity contribution in [2.75, 3.05) is 0 Å². The van der Waals surface area contributed by atoms with Gasteiger partial charge in [0.25, 0.3) is 0 Å². The molecule has 0 saturated heterocycles. The summed E-state index contributed by atoms with van der Waals surface area (Å²) in [5, 5.41) is 8.17. The van der Waals surface area contributed by atoms with Gasteiger partial charge in [0, 0.05) is 16.7 Å². The second-order valence-corrected chi connectivity index (χ2v) is 14.4. The maximum absolute atomic E-state index is 9.74. The van der Waals surface area contributed by atoms with E-state index in [-0.39, 0.29) is 41.1 Å². The molecule has 1 heterocycles. The van der Waals surface area contributed by atoms with Crippen molar-refractivity contribution in [3.63, 3.8) is 0 Å². The first-order valence-corrected chi connectivity index (χ1v) is 19.4. The van der Waals surface area contributed by atoms with Gasteiger partial charge in [-0.2, -0.15) is 0 Å². The van der Waals surface area contributed by atoms with Crippen LogP contribution in [0, 0.1) is 0 Å². The molecule has 270 valence electrons. The molecule has 0 N–H and O–H groups in total. The number of fused-ring (bicyclic) bond motifs is 5. The van der Waals surface area contributed by atoms with Gasteiger partial charge >= 0.3 is 0 Å². The van der Waals surface area contributed by atoms with Crippen molar-refractivity contribution >= 4 is 43.1 Å². The summed E-state index contributed by atoms with van der Waals surface area (Å²) >= 11 is 0. The van der Waals surface area contributed by atoms with E-state index in [4.69, 9.17) is 17.7 Å². The van der Waals surface area contributed by atoms with Gasteiger partial charge in [0.2, 0.25) is 0 Å². The SMILES string of the molecule is [2H]c1c([2H])c(-c2nc(-c3cccc(-c4cccc5c(-c6ccccc6)cccc45)c3)nc(-c3cc4ccccc4c4ccccc34)n2)c([2H])c(-c2cccc3ccccc23)c1[2H]. The van der Waals surface area contributed by atoms with Crippen molar-refractivity contribution < 1.29 is 5.48 Å². The summed E-state index contributed by atoms with van der Waals surface area (Å²) in [4.78, 5) is 15.4. The number of aromatic nitrogens is 3. The second-order valence-electron chi connectivity index (χ2n) is 14.4. The van der Waals surface area contributed by atoms with Crippen molar-refractivity contribution in [3.8, 4) is 67.5 Å². The Morgan fingerprint density at radius 3 is 1.57 bits per heavy atom. The minimum atomic E-state index is -0.300. The van der Waals surface area contributed by atoms with E-state index in [1.165, 1.54) is 0 Å². The van der Waals surface area contributed by atoms with Crippen LogP contribution in [0.1, 0.15) is 5.48 Å². The van der Waals surface area contributed by atoms with E-state index >= 15 is 0 Å². The molecule has 11 aromatic rings. The number of nitrogens with zero attached hydrogens (tertiary/aromatic N) is 3. The van der Waals surface area contributed by atoms with Crippen LogP contribution >= 0.6 is 0 Å². The lowest BCUT2D eigenvalue weighted by Gasteiger charge is -2.14. The summed E-state index contributed by atoms with van der Waals surface area (Å²) in [5.41, 5.74) is 6.81. The van der Waals surface area contributed by atoms with Crippen molar-refractivity contribution in [1.82, 2.24) is 15.0 Å². The van der Waals surface area contributed by atoms with E-state index in [0.717, 1.165) is 76.5 Å². The van der Waals surface area contributed by atoms with Crippen LogP contribution in [0.3, 0.4) is 0 Å². The summed E-state index contributed by atoms with van der Waals surface area (Å²) < 4.78 is 37.2. The third-order valence-corrected chi connectivity index (χ3v) is 11.0. The molecule has 0 aliphatic heterocycles. The largest absolute Gasteiger partial charge is 0.208 e. The normalized spacial score (nSPS) is 12.4. The Labute approximate surface area is 342 Å². The van der Waals surface area contributed by atoms with Crippen LogP contribution in [0.4, 0.5) is 0 Å². The Hall–Kier alpha value is -7.75. The summed E-state index contributed by atoms with van der Waals surface area (Å²) in [7, 11) is 0. The van der Waals surface area contributed by atoms with E-state index in [0.29, 0.717) is 17.2 Å². The number of hydrogen-bond donors (Lipinski definition) is 0. The number of benzene rings is 10. The van der Waals surface area contributed by atoms with E-state index < -0.39 is 0 Å². The molecule has 3 heteroatoms. The van der Waals surface area contributed by atoms with Gasteiger partial charge in [0.05, 0.1) is 5.48 Å². The van der Waals surface area contributed by atoms with Gasteiger partial charge in [0.15, 0.2) is 17.5 Å². The van der Waals surface area contributed by atoms with E-state index in [9.17, 15) is 2.74 Å². The smallest absolute Gasteiger partial charge is 0.164 e. The maximum atomic E-state index is 9.74. The van der Waals surface area contributed by atoms with Crippen molar-refractivity contribution in [2.45, 2.75) is 0 Å².